The van der Waals surface area contributed by atoms with Crippen LogP contribution in [0.15, 0.2) is 12.3 Å². The number of imide groups is 1. The molecule has 0 radical (unpaired) electrons. The van der Waals surface area contributed by atoms with Crippen molar-refractivity contribution in [1.82, 2.24) is 20.5 Å². The molecule has 28 heavy (non-hydrogen) atoms. The van der Waals surface area contributed by atoms with E-state index in [2.05, 4.69) is 25.4 Å². The maximum Gasteiger partial charge on any atom is 0.235 e. The highest BCUT2D eigenvalue weighted by Crippen LogP contribution is 2.30. The Morgan fingerprint density at radius 1 is 1.18 bits per heavy atom. The van der Waals surface area contributed by atoms with Gasteiger partial charge in [0.1, 0.15) is 6.17 Å². The van der Waals surface area contributed by atoms with Crippen LogP contribution in [0.1, 0.15) is 36.4 Å². The lowest BCUT2D eigenvalue weighted by atomic mass is 9.93. The van der Waals surface area contributed by atoms with E-state index in [0.717, 1.165) is 50.4 Å². The number of carbonyl (C=O) groups excluding carboxylic acids is 2. The molecule has 1 aromatic heterocycles. The lowest BCUT2D eigenvalue weighted by Crippen LogP contribution is -2.57. The Hall–Kier alpha value is -2.06. The van der Waals surface area contributed by atoms with Crippen molar-refractivity contribution in [3.8, 4) is 0 Å². The molecule has 2 N–H and O–H groups in total. The molecule has 2 amide bonds. The summed E-state index contributed by atoms with van der Waals surface area (Å²) < 4.78 is 14.9. The summed E-state index contributed by atoms with van der Waals surface area (Å²) in [6, 6.07) is 1.90. The number of alkyl halides is 1. The van der Waals surface area contributed by atoms with Crippen molar-refractivity contribution in [2.45, 2.75) is 44.3 Å². The molecule has 3 aliphatic heterocycles. The topological polar surface area (TPSA) is 77.6 Å². The number of nitrogens with one attached hydrogen (secondary N) is 2. The number of hydrogen-bond acceptors (Lipinski definition) is 6. The maximum atomic E-state index is 14.9. The second kappa shape index (κ2) is 8.13. The molecule has 3 saturated heterocycles. The van der Waals surface area contributed by atoms with E-state index in [0.29, 0.717) is 25.1 Å². The van der Waals surface area contributed by atoms with E-state index in [9.17, 15) is 14.0 Å². The second-order valence-electron chi connectivity index (χ2n) is 8.00. The summed E-state index contributed by atoms with van der Waals surface area (Å²) in [6.45, 7) is 6.82. The predicted molar refractivity (Wildman–Crippen MR) is 104 cm³/mol. The molecule has 0 bridgehead atoms. The van der Waals surface area contributed by atoms with Crippen molar-refractivity contribution in [3.05, 3.63) is 23.5 Å². The van der Waals surface area contributed by atoms with Crippen LogP contribution in [0, 0.1) is 6.92 Å². The number of carbonyl (C=O) groups is 2. The standard InChI is InChI=1S/C20H28FN5O2/c1-13-10-16(14-2-3-19(27)24-20(14)28)23-11-18(13)26-7-4-17(15(21)12-26)25-8-5-22-6-9-25/h10-11,14-15,17,22H,2-9,12H2,1H3,(H,24,27,28)/t14?,15-,17+/m1/s1. The molecular weight excluding hydrogens is 361 g/mol. The fourth-order valence-corrected chi connectivity index (χ4v) is 4.60. The molecule has 3 fully saturated rings. The summed E-state index contributed by atoms with van der Waals surface area (Å²) in [6.07, 6.45) is 2.49. The van der Waals surface area contributed by atoms with Gasteiger partial charge in [-0.05, 0) is 31.4 Å². The van der Waals surface area contributed by atoms with Gasteiger partial charge in [-0.2, -0.15) is 0 Å². The SMILES string of the molecule is Cc1cc(C2CCC(=O)NC2=O)ncc1N1CC[C@H](N2CCNCC2)[C@H](F)C1. The normalized spacial score (nSPS) is 29.6. The van der Waals surface area contributed by atoms with E-state index in [1.54, 1.807) is 6.20 Å². The molecule has 4 heterocycles. The summed E-state index contributed by atoms with van der Waals surface area (Å²) in [7, 11) is 0. The highest BCUT2D eigenvalue weighted by atomic mass is 19.1. The molecule has 0 spiro atoms. The number of rotatable bonds is 3. The highest BCUT2D eigenvalue weighted by molar-refractivity contribution is 6.00. The van der Waals surface area contributed by atoms with Crippen LogP contribution in [-0.4, -0.2) is 73.2 Å². The summed E-state index contributed by atoms with van der Waals surface area (Å²) in [5, 5.41) is 5.70. The molecule has 152 valence electrons. The Balaban J connectivity index is 1.43. The molecular formula is C20H28FN5O2. The molecule has 7 nitrogen and oxygen atoms in total. The van der Waals surface area contributed by atoms with Gasteiger partial charge >= 0.3 is 0 Å². The number of piperazine rings is 1. The fourth-order valence-electron chi connectivity index (χ4n) is 4.60. The number of aromatic nitrogens is 1. The monoisotopic (exact) mass is 389 g/mol. The van der Waals surface area contributed by atoms with Crippen LogP contribution in [0.25, 0.3) is 0 Å². The molecule has 8 heteroatoms. The van der Waals surface area contributed by atoms with Crippen LogP contribution < -0.4 is 15.5 Å². The number of halogens is 1. The van der Waals surface area contributed by atoms with Crippen molar-refractivity contribution < 1.29 is 14.0 Å². The first-order valence-corrected chi connectivity index (χ1v) is 10.2. The fraction of sp³-hybridized carbons (Fsp3) is 0.650. The first-order valence-electron chi connectivity index (χ1n) is 10.2. The van der Waals surface area contributed by atoms with E-state index < -0.39 is 12.1 Å². The second-order valence-corrected chi connectivity index (χ2v) is 8.00. The number of piperidine rings is 2. The summed E-state index contributed by atoms with van der Waals surface area (Å²) in [4.78, 5) is 32.3. The Morgan fingerprint density at radius 2 is 1.96 bits per heavy atom. The Bertz CT molecular complexity index is 752. The van der Waals surface area contributed by atoms with Crippen LogP contribution in [0.5, 0.6) is 0 Å². The third-order valence-electron chi connectivity index (χ3n) is 6.17. The van der Waals surface area contributed by atoms with E-state index in [1.807, 2.05) is 13.0 Å². The van der Waals surface area contributed by atoms with E-state index in [4.69, 9.17) is 0 Å². The number of hydrogen-bond donors (Lipinski definition) is 2. The lowest BCUT2D eigenvalue weighted by Gasteiger charge is -2.43. The van der Waals surface area contributed by atoms with Crippen LogP contribution in [-0.2, 0) is 9.59 Å². The third kappa shape index (κ3) is 3.89. The molecule has 1 unspecified atom stereocenters. The quantitative estimate of drug-likeness (QED) is 0.743. The minimum atomic E-state index is -0.888. The molecule has 4 rings (SSSR count). The highest BCUT2D eigenvalue weighted by Gasteiger charge is 2.35. The number of anilines is 1. The maximum absolute atomic E-state index is 14.9. The summed E-state index contributed by atoms with van der Waals surface area (Å²) in [5.41, 5.74) is 2.60. The van der Waals surface area contributed by atoms with E-state index in [-0.39, 0.29) is 17.9 Å². The van der Waals surface area contributed by atoms with Gasteiger partial charge in [-0.25, -0.2) is 4.39 Å². The van der Waals surface area contributed by atoms with Crippen molar-refractivity contribution in [2.75, 3.05) is 44.2 Å². The van der Waals surface area contributed by atoms with Crippen LogP contribution in [0.4, 0.5) is 10.1 Å². The molecule has 3 aliphatic rings. The van der Waals surface area contributed by atoms with Gasteiger partial charge in [0.2, 0.25) is 11.8 Å². The lowest BCUT2D eigenvalue weighted by molar-refractivity contribution is -0.134. The average molecular weight is 389 g/mol. The minimum Gasteiger partial charge on any atom is -0.367 e. The molecule has 1 aromatic rings. The Morgan fingerprint density at radius 3 is 2.64 bits per heavy atom. The van der Waals surface area contributed by atoms with Gasteiger partial charge in [-0.15, -0.1) is 0 Å². The first-order chi connectivity index (χ1) is 13.5. The first kappa shape index (κ1) is 19.3. The number of nitrogens with zero attached hydrogens (tertiary/aromatic N) is 3. The van der Waals surface area contributed by atoms with E-state index in [1.165, 1.54) is 0 Å². The van der Waals surface area contributed by atoms with Gasteiger partial charge in [0.15, 0.2) is 0 Å². The zero-order chi connectivity index (χ0) is 19.7. The molecule has 3 atom stereocenters. The number of aryl methyl sites for hydroxylation is 1. The van der Waals surface area contributed by atoms with Crippen molar-refractivity contribution in [2.24, 2.45) is 0 Å². The predicted octanol–water partition coefficient (Wildman–Crippen LogP) is 0.732. The van der Waals surface area contributed by atoms with Crippen LogP contribution >= 0.6 is 0 Å². The molecule has 0 saturated carbocycles. The Labute approximate surface area is 164 Å². The van der Waals surface area contributed by atoms with E-state index >= 15 is 0 Å². The smallest absolute Gasteiger partial charge is 0.235 e. The average Bonchev–Trinajstić information content (AvgIpc) is 2.68. The molecule has 0 aliphatic carbocycles. The van der Waals surface area contributed by atoms with Gasteiger partial charge < -0.3 is 10.2 Å². The third-order valence-corrected chi connectivity index (χ3v) is 6.17. The zero-order valence-corrected chi connectivity index (χ0v) is 16.3. The van der Waals surface area contributed by atoms with Crippen molar-refractivity contribution >= 4 is 17.5 Å². The van der Waals surface area contributed by atoms with Gasteiger partial charge in [0, 0.05) is 45.2 Å². The van der Waals surface area contributed by atoms with Crippen molar-refractivity contribution in [3.63, 3.8) is 0 Å². The number of pyridine rings is 1. The number of amides is 2. The van der Waals surface area contributed by atoms with Gasteiger partial charge in [-0.3, -0.25) is 24.8 Å². The minimum absolute atomic E-state index is 0.00522. The summed E-state index contributed by atoms with van der Waals surface area (Å²) in [5.74, 6) is -0.898. The Kier molecular flexibility index (Phi) is 5.59. The van der Waals surface area contributed by atoms with Crippen LogP contribution in [0.2, 0.25) is 0 Å². The van der Waals surface area contributed by atoms with Gasteiger partial charge in [-0.1, -0.05) is 0 Å². The largest absolute Gasteiger partial charge is 0.367 e. The van der Waals surface area contributed by atoms with Gasteiger partial charge in [0.05, 0.1) is 30.0 Å². The molecule has 0 aromatic carbocycles. The summed E-state index contributed by atoms with van der Waals surface area (Å²) >= 11 is 0. The van der Waals surface area contributed by atoms with Crippen LogP contribution in [0.3, 0.4) is 0 Å². The van der Waals surface area contributed by atoms with Crippen molar-refractivity contribution in [1.29, 1.82) is 0 Å². The zero-order valence-electron chi connectivity index (χ0n) is 16.3. The van der Waals surface area contributed by atoms with Gasteiger partial charge in [0.25, 0.3) is 0 Å².